The molecule has 0 saturated carbocycles. The Morgan fingerprint density at radius 1 is 1.19 bits per heavy atom. The van der Waals surface area contributed by atoms with Crippen LogP contribution < -0.4 is 5.73 Å². The monoisotopic (exact) mass is 351 g/mol. The summed E-state index contributed by atoms with van der Waals surface area (Å²) in [6.07, 6.45) is 2.52. The van der Waals surface area contributed by atoms with Gasteiger partial charge in [-0.25, -0.2) is 13.9 Å². The molecule has 0 aliphatic heterocycles. The highest BCUT2D eigenvalue weighted by molar-refractivity contribution is 5.92. The molecule has 0 spiro atoms. The van der Waals surface area contributed by atoms with Crippen LogP contribution in [0, 0.1) is 5.82 Å². The molecule has 1 aliphatic rings. The maximum Gasteiger partial charge on any atom is 0.337 e. The third-order valence-electron chi connectivity index (χ3n) is 4.80. The van der Waals surface area contributed by atoms with Crippen LogP contribution in [-0.2, 0) is 6.42 Å². The molecular formula is C20H18FN3O2. The number of hydrogen-bond donors (Lipinski definition) is 2. The summed E-state index contributed by atoms with van der Waals surface area (Å²) in [6.45, 7) is 0. The van der Waals surface area contributed by atoms with E-state index in [1.807, 2.05) is 0 Å². The van der Waals surface area contributed by atoms with E-state index in [1.165, 1.54) is 12.1 Å². The first-order chi connectivity index (χ1) is 12.6. The second-order valence-electron chi connectivity index (χ2n) is 6.45. The number of para-hydroxylation sites is 1. The Labute approximate surface area is 149 Å². The van der Waals surface area contributed by atoms with Gasteiger partial charge in [0.05, 0.1) is 16.9 Å². The van der Waals surface area contributed by atoms with Crippen molar-refractivity contribution in [2.75, 3.05) is 0 Å². The Kier molecular flexibility index (Phi) is 4.05. The van der Waals surface area contributed by atoms with E-state index >= 15 is 0 Å². The Hall–Kier alpha value is -2.99. The minimum atomic E-state index is -1.01. The van der Waals surface area contributed by atoms with E-state index < -0.39 is 5.97 Å². The topological polar surface area (TPSA) is 81.1 Å². The molecule has 3 N–H and O–H groups in total. The summed E-state index contributed by atoms with van der Waals surface area (Å²) < 4.78 is 15.0. The van der Waals surface area contributed by atoms with Gasteiger partial charge in [0.2, 0.25) is 0 Å². The van der Waals surface area contributed by atoms with E-state index in [4.69, 9.17) is 10.8 Å². The molecule has 3 aromatic rings. The Morgan fingerprint density at radius 3 is 2.65 bits per heavy atom. The zero-order chi connectivity index (χ0) is 18.3. The maximum absolute atomic E-state index is 13.3. The molecule has 1 atom stereocenters. The number of nitrogens with two attached hydrogens (primary N) is 1. The molecular weight excluding hydrogens is 333 g/mol. The van der Waals surface area contributed by atoms with Gasteiger partial charge in [-0.3, -0.25) is 0 Å². The quantitative estimate of drug-likeness (QED) is 0.754. The number of benzene rings is 2. The lowest BCUT2D eigenvalue weighted by atomic mass is 9.89. The second kappa shape index (κ2) is 6.38. The van der Waals surface area contributed by atoms with Crippen molar-refractivity contribution in [3.05, 3.63) is 71.2 Å². The number of carbonyl (C=O) groups is 1. The molecule has 0 bridgehead atoms. The normalized spacial score (nSPS) is 16.3. The van der Waals surface area contributed by atoms with E-state index in [9.17, 15) is 14.3 Å². The number of hydrogen-bond acceptors (Lipinski definition) is 3. The highest BCUT2D eigenvalue weighted by atomic mass is 19.1. The van der Waals surface area contributed by atoms with Gasteiger partial charge in [0.1, 0.15) is 5.82 Å². The van der Waals surface area contributed by atoms with Crippen molar-refractivity contribution < 1.29 is 14.3 Å². The number of carboxylic acids is 1. The third-order valence-corrected chi connectivity index (χ3v) is 4.80. The molecule has 132 valence electrons. The van der Waals surface area contributed by atoms with Crippen LogP contribution in [-0.4, -0.2) is 20.9 Å². The minimum Gasteiger partial charge on any atom is -0.478 e. The molecule has 2 aromatic carbocycles. The molecule has 0 saturated heterocycles. The number of nitrogens with zero attached hydrogens (tertiary/aromatic N) is 2. The first-order valence-corrected chi connectivity index (χ1v) is 8.52. The van der Waals surface area contributed by atoms with Crippen molar-refractivity contribution >= 4 is 5.97 Å². The van der Waals surface area contributed by atoms with Gasteiger partial charge in [-0.1, -0.05) is 12.1 Å². The van der Waals surface area contributed by atoms with Crippen molar-refractivity contribution in [3.63, 3.8) is 0 Å². The van der Waals surface area contributed by atoms with E-state index in [2.05, 4.69) is 0 Å². The van der Waals surface area contributed by atoms with E-state index in [0.717, 1.165) is 36.1 Å². The van der Waals surface area contributed by atoms with Crippen LogP contribution in [0.2, 0.25) is 0 Å². The second-order valence-corrected chi connectivity index (χ2v) is 6.45. The van der Waals surface area contributed by atoms with Gasteiger partial charge in [0.25, 0.3) is 0 Å². The van der Waals surface area contributed by atoms with Crippen LogP contribution in [0.3, 0.4) is 0 Å². The van der Waals surface area contributed by atoms with Crippen LogP contribution >= 0.6 is 0 Å². The standard InChI is InChI=1S/C20H18FN3O2/c21-13-10-8-12(9-11-13)19-18-15(22)5-3-7-17(18)24(23-19)16-6-2-1-4-14(16)20(25)26/h1-2,4,6,8-11,15H,3,5,7,22H2,(H,25,26). The van der Waals surface area contributed by atoms with Crippen molar-refractivity contribution in [3.8, 4) is 16.9 Å². The van der Waals surface area contributed by atoms with E-state index in [-0.39, 0.29) is 17.4 Å². The van der Waals surface area contributed by atoms with Crippen molar-refractivity contribution in [2.24, 2.45) is 5.73 Å². The molecule has 1 heterocycles. The SMILES string of the molecule is NC1CCCc2c1c(-c1ccc(F)cc1)nn2-c1ccccc1C(=O)O. The van der Waals surface area contributed by atoms with E-state index in [1.54, 1.807) is 41.1 Å². The predicted molar refractivity (Wildman–Crippen MR) is 95.8 cm³/mol. The fourth-order valence-electron chi connectivity index (χ4n) is 3.59. The zero-order valence-corrected chi connectivity index (χ0v) is 14.0. The van der Waals surface area contributed by atoms with Gasteiger partial charge in [0, 0.05) is 22.9 Å². The summed E-state index contributed by atoms with van der Waals surface area (Å²) in [5, 5.41) is 14.2. The number of halogens is 1. The first kappa shape index (κ1) is 16.5. The molecule has 1 unspecified atom stereocenters. The lowest BCUT2D eigenvalue weighted by molar-refractivity contribution is 0.0696. The largest absolute Gasteiger partial charge is 0.478 e. The fourth-order valence-corrected chi connectivity index (χ4v) is 3.59. The number of fused-ring (bicyclic) bond motifs is 1. The highest BCUT2D eigenvalue weighted by Crippen LogP contribution is 2.37. The van der Waals surface area contributed by atoms with Gasteiger partial charge in [-0.05, 0) is 55.7 Å². The summed E-state index contributed by atoms with van der Waals surface area (Å²) >= 11 is 0. The van der Waals surface area contributed by atoms with Crippen molar-refractivity contribution in [1.29, 1.82) is 0 Å². The van der Waals surface area contributed by atoms with Crippen LogP contribution in [0.25, 0.3) is 16.9 Å². The van der Waals surface area contributed by atoms with Gasteiger partial charge in [0.15, 0.2) is 0 Å². The lowest BCUT2D eigenvalue weighted by Crippen LogP contribution is -2.19. The molecule has 5 nitrogen and oxygen atoms in total. The smallest absolute Gasteiger partial charge is 0.337 e. The van der Waals surface area contributed by atoms with Crippen LogP contribution in [0.5, 0.6) is 0 Å². The average Bonchev–Trinajstić information content (AvgIpc) is 3.03. The number of aromatic nitrogens is 2. The number of aromatic carboxylic acids is 1. The summed E-state index contributed by atoms with van der Waals surface area (Å²) in [5.41, 5.74) is 10.4. The van der Waals surface area contributed by atoms with Gasteiger partial charge in [-0.2, -0.15) is 5.10 Å². The van der Waals surface area contributed by atoms with Crippen molar-refractivity contribution in [1.82, 2.24) is 9.78 Å². The van der Waals surface area contributed by atoms with Gasteiger partial charge in [-0.15, -0.1) is 0 Å². The molecule has 0 amide bonds. The fraction of sp³-hybridized carbons (Fsp3) is 0.200. The number of rotatable bonds is 3. The third kappa shape index (κ3) is 2.68. The van der Waals surface area contributed by atoms with Gasteiger partial charge >= 0.3 is 5.97 Å². The molecule has 1 aliphatic carbocycles. The Bertz CT molecular complexity index is 979. The maximum atomic E-state index is 13.3. The molecule has 0 fully saturated rings. The van der Waals surface area contributed by atoms with E-state index in [0.29, 0.717) is 11.4 Å². The van der Waals surface area contributed by atoms with Gasteiger partial charge < -0.3 is 10.8 Å². The zero-order valence-electron chi connectivity index (χ0n) is 14.0. The predicted octanol–water partition coefficient (Wildman–Crippen LogP) is 3.71. The molecule has 1 aromatic heterocycles. The first-order valence-electron chi connectivity index (χ1n) is 8.52. The number of carboxylic acid groups (broad SMARTS) is 1. The van der Waals surface area contributed by atoms with Crippen molar-refractivity contribution in [2.45, 2.75) is 25.3 Å². The Balaban J connectivity index is 1.96. The lowest BCUT2D eigenvalue weighted by Gasteiger charge is -2.21. The summed E-state index contributed by atoms with van der Waals surface area (Å²) in [4.78, 5) is 11.6. The van der Waals surface area contributed by atoms with Crippen LogP contribution in [0.4, 0.5) is 4.39 Å². The molecule has 26 heavy (non-hydrogen) atoms. The average molecular weight is 351 g/mol. The van der Waals surface area contributed by atoms with Crippen LogP contribution in [0.15, 0.2) is 48.5 Å². The molecule has 0 radical (unpaired) electrons. The molecule has 6 heteroatoms. The summed E-state index contributed by atoms with van der Waals surface area (Å²) in [5.74, 6) is -1.32. The Morgan fingerprint density at radius 2 is 1.92 bits per heavy atom. The summed E-state index contributed by atoms with van der Waals surface area (Å²) in [6, 6.07) is 12.7. The minimum absolute atomic E-state index is 0.176. The highest BCUT2D eigenvalue weighted by Gasteiger charge is 2.28. The summed E-state index contributed by atoms with van der Waals surface area (Å²) in [7, 11) is 0. The molecule has 4 rings (SSSR count). The van der Waals surface area contributed by atoms with Crippen LogP contribution in [0.1, 0.15) is 40.5 Å².